The molecule has 0 aromatic heterocycles. The number of rotatable bonds is 1. The van der Waals surface area contributed by atoms with Gasteiger partial charge in [-0.25, -0.2) is 0 Å². The molecule has 3 aliphatic carbocycles. The fraction of sp³-hybridized carbons (Fsp3) is 0.778. The van der Waals surface area contributed by atoms with Gasteiger partial charge in [0.2, 0.25) is 0 Å². The third-order valence-electron chi connectivity index (χ3n) is 3.38. The van der Waals surface area contributed by atoms with Gasteiger partial charge in [0.1, 0.15) is 11.2 Å². The molecule has 3 nitrogen and oxygen atoms in total. The van der Waals surface area contributed by atoms with E-state index in [0.717, 1.165) is 12.8 Å². The van der Waals surface area contributed by atoms with Crippen molar-refractivity contribution in [2.24, 2.45) is 11.3 Å². The monoisotopic (exact) mass is 168 g/mol. The minimum atomic E-state index is -0.977. The molecule has 0 aromatic rings. The topological polar surface area (TPSA) is 54.4 Å². The molecule has 0 atom stereocenters. The summed E-state index contributed by atoms with van der Waals surface area (Å²) in [6.07, 6.45) is 3.51. The quantitative estimate of drug-likeness (QED) is 0.599. The molecule has 3 aliphatic rings. The Hall–Kier alpha value is -0.860. The van der Waals surface area contributed by atoms with Crippen LogP contribution >= 0.6 is 0 Å². The van der Waals surface area contributed by atoms with Crippen molar-refractivity contribution in [3.63, 3.8) is 0 Å². The molecule has 3 saturated carbocycles. The van der Waals surface area contributed by atoms with E-state index in [1.54, 1.807) is 0 Å². The Bertz CT molecular complexity index is 236. The van der Waals surface area contributed by atoms with Gasteiger partial charge in [-0.05, 0) is 31.6 Å². The van der Waals surface area contributed by atoms with Gasteiger partial charge >= 0.3 is 5.97 Å². The first-order valence-electron chi connectivity index (χ1n) is 4.42. The highest BCUT2D eigenvalue weighted by atomic mass is 16.4. The third kappa shape index (κ3) is 0.822. The predicted octanol–water partition coefficient (Wildman–Crippen LogP) is 1.22. The standard InChI is InChI=1S/C9H12O3/c10-7-5-6-1-3-9(7,4-2-6)8(11)12/h6H,1-5H2,(H,11,12). The second-order valence-corrected chi connectivity index (χ2v) is 3.96. The van der Waals surface area contributed by atoms with Crippen molar-refractivity contribution in [3.8, 4) is 0 Å². The average molecular weight is 168 g/mol. The summed E-state index contributed by atoms with van der Waals surface area (Å²) in [6.45, 7) is 0. The zero-order valence-corrected chi connectivity index (χ0v) is 6.88. The molecule has 12 heavy (non-hydrogen) atoms. The number of carboxylic acids is 1. The lowest BCUT2D eigenvalue weighted by Crippen LogP contribution is -2.47. The second kappa shape index (κ2) is 2.31. The largest absolute Gasteiger partial charge is 0.480 e. The fourth-order valence-electron chi connectivity index (χ4n) is 2.44. The second-order valence-electron chi connectivity index (χ2n) is 3.96. The number of aliphatic carboxylic acids is 1. The molecule has 66 valence electrons. The Morgan fingerprint density at radius 2 is 2.00 bits per heavy atom. The zero-order chi connectivity index (χ0) is 8.77. The van der Waals surface area contributed by atoms with Crippen LogP contribution in [0.3, 0.4) is 0 Å². The Labute approximate surface area is 70.8 Å². The van der Waals surface area contributed by atoms with E-state index in [-0.39, 0.29) is 5.78 Å². The highest BCUT2D eigenvalue weighted by molar-refractivity contribution is 6.04. The van der Waals surface area contributed by atoms with Crippen molar-refractivity contribution in [1.82, 2.24) is 0 Å². The molecule has 0 saturated heterocycles. The van der Waals surface area contributed by atoms with Crippen LogP contribution in [0.15, 0.2) is 0 Å². The van der Waals surface area contributed by atoms with Crippen LogP contribution < -0.4 is 0 Å². The summed E-state index contributed by atoms with van der Waals surface area (Å²) in [6, 6.07) is 0. The van der Waals surface area contributed by atoms with E-state index in [4.69, 9.17) is 5.11 Å². The van der Waals surface area contributed by atoms with E-state index in [9.17, 15) is 9.59 Å². The van der Waals surface area contributed by atoms with Crippen molar-refractivity contribution in [3.05, 3.63) is 0 Å². The van der Waals surface area contributed by atoms with E-state index in [2.05, 4.69) is 0 Å². The van der Waals surface area contributed by atoms with Gasteiger partial charge < -0.3 is 5.11 Å². The lowest BCUT2D eigenvalue weighted by atomic mass is 9.60. The molecule has 0 aromatic carbocycles. The van der Waals surface area contributed by atoms with E-state index in [1.807, 2.05) is 0 Å². The first kappa shape index (κ1) is 7.77. The van der Waals surface area contributed by atoms with Crippen molar-refractivity contribution >= 4 is 11.8 Å². The third-order valence-corrected chi connectivity index (χ3v) is 3.38. The van der Waals surface area contributed by atoms with Crippen molar-refractivity contribution < 1.29 is 14.7 Å². The number of hydrogen-bond donors (Lipinski definition) is 1. The van der Waals surface area contributed by atoms with E-state index < -0.39 is 11.4 Å². The molecule has 0 amide bonds. The molecule has 3 rings (SSSR count). The Morgan fingerprint density at radius 1 is 1.42 bits per heavy atom. The van der Waals surface area contributed by atoms with Crippen molar-refractivity contribution in [2.75, 3.05) is 0 Å². The fourth-order valence-corrected chi connectivity index (χ4v) is 2.44. The lowest BCUT2D eigenvalue weighted by Gasteiger charge is -2.41. The molecule has 0 unspecified atom stereocenters. The van der Waals surface area contributed by atoms with Crippen LogP contribution in [0.25, 0.3) is 0 Å². The number of carbonyl (C=O) groups is 2. The van der Waals surface area contributed by atoms with Crippen LogP contribution in [-0.4, -0.2) is 16.9 Å². The van der Waals surface area contributed by atoms with Gasteiger partial charge in [-0.1, -0.05) is 0 Å². The van der Waals surface area contributed by atoms with Crippen LogP contribution in [0.2, 0.25) is 0 Å². The molecule has 0 radical (unpaired) electrons. The molecule has 0 heterocycles. The number of carboxylic acid groups (broad SMARTS) is 1. The number of hydrogen-bond acceptors (Lipinski definition) is 2. The van der Waals surface area contributed by atoms with Gasteiger partial charge in [0.05, 0.1) is 0 Å². The zero-order valence-electron chi connectivity index (χ0n) is 6.88. The Balaban J connectivity index is 2.32. The average Bonchev–Trinajstić information content (AvgIpc) is 2.05. The maximum Gasteiger partial charge on any atom is 0.317 e. The molecule has 0 spiro atoms. The summed E-state index contributed by atoms with van der Waals surface area (Å²) in [7, 11) is 0. The molecule has 0 aliphatic heterocycles. The number of fused-ring (bicyclic) bond motifs is 3. The summed E-state index contributed by atoms with van der Waals surface area (Å²) in [4.78, 5) is 22.4. The SMILES string of the molecule is O=C(O)C12CCC(CC1)CC2=O. The van der Waals surface area contributed by atoms with Gasteiger partial charge in [0.25, 0.3) is 0 Å². The predicted molar refractivity (Wildman–Crippen MR) is 41.7 cm³/mol. The number of ketones is 1. The summed E-state index contributed by atoms with van der Waals surface area (Å²) < 4.78 is 0. The summed E-state index contributed by atoms with van der Waals surface area (Å²) in [5.41, 5.74) is -0.977. The van der Waals surface area contributed by atoms with E-state index in [0.29, 0.717) is 25.2 Å². The normalized spacial score (nSPS) is 40.0. The van der Waals surface area contributed by atoms with Gasteiger partial charge in [0, 0.05) is 6.42 Å². The van der Waals surface area contributed by atoms with Gasteiger partial charge in [-0.15, -0.1) is 0 Å². The van der Waals surface area contributed by atoms with E-state index in [1.165, 1.54) is 0 Å². The van der Waals surface area contributed by atoms with E-state index >= 15 is 0 Å². The maximum absolute atomic E-state index is 11.4. The first-order valence-corrected chi connectivity index (χ1v) is 4.42. The molecule has 2 bridgehead atoms. The highest BCUT2D eigenvalue weighted by Crippen LogP contribution is 2.47. The number of carbonyl (C=O) groups excluding carboxylic acids is 1. The molecular weight excluding hydrogens is 156 g/mol. The first-order chi connectivity index (χ1) is 5.65. The Morgan fingerprint density at radius 3 is 2.33 bits per heavy atom. The summed E-state index contributed by atoms with van der Waals surface area (Å²) in [5.74, 6) is -0.443. The van der Waals surface area contributed by atoms with Crippen LogP contribution in [0.5, 0.6) is 0 Å². The molecule has 3 fully saturated rings. The van der Waals surface area contributed by atoms with Gasteiger partial charge in [-0.3, -0.25) is 9.59 Å². The van der Waals surface area contributed by atoms with Crippen LogP contribution in [0, 0.1) is 11.3 Å². The lowest BCUT2D eigenvalue weighted by molar-refractivity contribution is -0.162. The maximum atomic E-state index is 11.4. The van der Waals surface area contributed by atoms with Crippen LogP contribution in [0.1, 0.15) is 32.1 Å². The highest BCUT2D eigenvalue weighted by Gasteiger charge is 2.52. The van der Waals surface area contributed by atoms with Crippen molar-refractivity contribution in [2.45, 2.75) is 32.1 Å². The molecular formula is C9H12O3. The number of Topliss-reactive ketones (excluding diaryl/α,β-unsaturated/α-hetero) is 1. The molecule has 1 N–H and O–H groups in total. The van der Waals surface area contributed by atoms with Crippen LogP contribution in [0.4, 0.5) is 0 Å². The Kier molecular flexibility index (Phi) is 1.50. The minimum Gasteiger partial charge on any atom is -0.480 e. The molecule has 3 heteroatoms. The summed E-state index contributed by atoms with van der Waals surface area (Å²) >= 11 is 0. The summed E-state index contributed by atoms with van der Waals surface area (Å²) in [5, 5.41) is 8.96. The van der Waals surface area contributed by atoms with Crippen molar-refractivity contribution in [1.29, 1.82) is 0 Å². The van der Waals surface area contributed by atoms with Crippen LogP contribution in [-0.2, 0) is 9.59 Å². The minimum absolute atomic E-state index is 0.0301. The van der Waals surface area contributed by atoms with Gasteiger partial charge in [0.15, 0.2) is 0 Å². The van der Waals surface area contributed by atoms with Gasteiger partial charge in [-0.2, -0.15) is 0 Å². The smallest absolute Gasteiger partial charge is 0.317 e.